The molecular weight excluding hydrogens is 589 g/mol. The average Bonchev–Trinajstić information content (AvgIpc) is 3.52. The number of hydrogen-bond acceptors (Lipinski definition) is 0. The van der Waals surface area contributed by atoms with E-state index in [9.17, 15) is 0 Å². The van der Waals surface area contributed by atoms with Crippen LogP contribution in [0.2, 0.25) is 0 Å². The maximum absolute atomic E-state index is 2.59. The van der Waals surface area contributed by atoms with E-state index in [0.29, 0.717) is 11.3 Å². The van der Waals surface area contributed by atoms with Gasteiger partial charge in [0.1, 0.15) is 0 Å². The zero-order valence-corrected chi connectivity index (χ0v) is 32.1. The van der Waals surface area contributed by atoms with Gasteiger partial charge in [-0.25, -0.2) is 0 Å². The molecule has 4 aromatic carbocycles. The minimum absolute atomic E-state index is 0.213. The van der Waals surface area contributed by atoms with Gasteiger partial charge in [-0.3, -0.25) is 0 Å². The third kappa shape index (κ3) is 6.56. The first-order chi connectivity index (χ1) is 24.0. The fourth-order valence-electron chi connectivity index (χ4n) is 11.0. The summed E-state index contributed by atoms with van der Waals surface area (Å²) in [7, 11) is 0. The van der Waals surface area contributed by atoms with Crippen LogP contribution < -0.4 is 0 Å². The van der Waals surface area contributed by atoms with Crippen molar-refractivity contribution < 1.29 is 0 Å². The predicted molar refractivity (Wildman–Crippen MR) is 217 cm³/mol. The molecule has 0 radical (unpaired) electrons. The number of fused-ring (bicyclic) bond motifs is 6. The summed E-state index contributed by atoms with van der Waals surface area (Å²) in [6, 6.07) is 28.3. The van der Waals surface area contributed by atoms with Crippen molar-refractivity contribution in [1.29, 1.82) is 0 Å². The molecule has 0 heterocycles. The normalized spacial score (nSPS) is 19.2. The molecule has 49 heavy (non-hydrogen) atoms. The summed E-state index contributed by atoms with van der Waals surface area (Å²) in [6.07, 6.45) is 22.4. The van der Waals surface area contributed by atoms with E-state index in [1.165, 1.54) is 125 Å². The molecule has 6 rings (SSSR count). The van der Waals surface area contributed by atoms with E-state index in [2.05, 4.69) is 114 Å². The standard InChI is InChI=1S/C49H66/c1-7-11-32-48(33-12-8-2)44(36(5)40-30-28-38-22-18-20-24-42(38)46(40)48)26-16-15-17-27-45-37(6)41-31-29-39-23-19-21-25-43(39)47(41)49(45,34-13-9-3)35-14-10-4/h18-25,28-31,36,44H,7-17,26-27,32-35H2,1-6H3. The number of unbranched alkanes of at least 4 members (excludes halogenated alkanes) is 6. The minimum atomic E-state index is 0.213. The van der Waals surface area contributed by atoms with Crippen molar-refractivity contribution in [2.75, 3.05) is 0 Å². The maximum Gasteiger partial charge on any atom is 0.0180 e. The molecule has 0 aliphatic heterocycles. The molecule has 2 aliphatic carbocycles. The fraction of sp³-hybridized carbons (Fsp3) is 0.551. The third-order valence-electron chi connectivity index (χ3n) is 13.4. The van der Waals surface area contributed by atoms with Crippen molar-refractivity contribution in [3.05, 3.63) is 101 Å². The van der Waals surface area contributed by atoms with E-state index in [1.54, 1.807) is 38.8 Å². The van der Waals surface area contributed by atoms with Gasteiger partial charge in [0.15, 0.2) is 0 Å². The van der Waals surface area contributed by atoms with Gasteiger partial charge in [-0.1, -0.05) is 177 Å². The Balaban J connectivity index is 1.25. The summed E-state index contributed by atoms with van der Waals surface area (Å²) in [6.45, 7) is 14.6. The van der Waals surface area contributed by atoms with Gasteiger partial charge >= 0.3 is 0 Å². The van der Waals surface area contributed by atoms with Crippen LogP contribution in [0.3, 0.4) is 0 Å². The molecule has 0 saturated heterocycles. The molecule has 0 heteroatoms. The fourth-order valence-corrected chi connectivity index (χ4v) is 11.0. The monoisotopic (exact) mass is 655 g/mol. The maximum atomic E-state index is 2.59. The summed E-state index contributed by atoms with van der Waals surface area (Å²) in [5.74, 6) is 1.40. The average molecular weight is 655 g/mol. The Bertz CT molecular complexity index is 1720. The van der Waals surface area contributed by atoms with Crippen LogP contribution in [-0.4, -0.2) is 0 Å². The molecule has 0 nitrogen and oxygen atoms in total. The zero-order chi connectivity index (χ0) is 34.4. The highest BCUT2D eigenvalue weighted by Gasteiger charge is 2.50. The molecule has 2 aliphatic rings. The Hall–Kier alpha value is -2.86. The third-order valence-corrected chi connectivity index (χ3v) is 13.4. The van der Waals surface area contributed by atoms with Crippen molar-refractivity contribution in [2.45, 2.75) is 167 Å². The van der Waals surface area contributed by atoms with E-state index in [4.69, 9.17) is 0 Å². The SMILES string of the molecule is CCCCC1(CCCC)C(CCCCCC2C(C)c3ccc4ccccc4c3C2(CCCC)CCCC)=C(C)c2ccc3ccccc3c21. The lowest BCUT2D eigenvalue weighted by Gasteiger charge is -2.39. The van der Waals surface area contributed by atoms with Crippen LogP contribution in [0.25, 0.3) is 27.1 Å². The van der Waals surface area contributed by atoms with E-state index in [-0.39, 0.29) is 5.41 Å². The minimum Gasteiger partial charge on any atom is -0.0654 e. The summed E-state index contributed by atoms with van der Waals surface area (Å²) >= 11 is 0. The first kappa shape index (κ1) is 35.9. The van der Waals surface area contributed by atoms with E-state index in [0.717, 1.165) is 5.92 Å². The first-order valence-electron chi connectivity index (χ1n) is 20.7. The van der Waals surface area contributed by atoms with Gasteiger partial charge in [0, 0.05) is 5.41 Å². The summed E-state index contributed by atoms with van der Waals surface area (Å²) in [4.78, 5) is 0. The van der Waals surface area contributed by atoms with Crippen LogP contribution in [-0.2, 0) is 10.8 Å². The van der Waals surface area contributed by atoms with Crippen molar-refractivity contribution in [1.82, 2.24) is 0 Å². The summed E-state index contributed by atoms with van der Waals surface area (Å²) in [5.41, 5.74) is 10.6. The molecule has 2 unspecified atom stereocenters. The molecule has 0 fully saturated rings. The molecule has 0 spiro atoms. The largest absolute Gasteiger partial charge is 0.0654 e. The Kier molecular flexibility index (Phi) is 11.7. The van der Waals surface area contributed by atoms with Gasteiger partial charge in [-0.15, -0.1) is 0 Å². The second-order valence-electron chi connectivity index (χ2n) is 16.2. The zero-order valence-electron chi connectivity index (χ0n) is 32.1. The van der Waals surface area contributed by atoms with E-state index in [1.807, 2.05) is 0 Å². The van der Waals surface area contributed by atoms with E-state index >= 15 is 0 Å². The number of hydrogen-bond donors (Lipinski definition) is 0. The van der Waals surface area contributed by atoms with Crippen LogP contribution in [0, 0.1) is 5.92 Å². The van der Waals surface area contributed by atoms with Crippen LogP contribution >= 0.6 is 0 Å². The van der Waals surface area contributed by atoms with E-state index < -0.39 is 0 Å². The molecule has 2 atom stereocenters. The highest BCUT2D eigenvalue weighted by atomic mass is 14.5. The second-order valence-corrected chi connectivity index (χ2v) is 16.2. The highest BCUT2D eigenvalue weighted by molar-refractivity contribution is 5.96. The molecule has 262 valence electrons. The number of benzene rings is 4. The number of rotatable bonds is 18. The lowest BCUT2D eigenvalue weighted by atomic mass is 9.64. The van der Waals surface area contributed by atoms with Crippen molar-refractivity contribution in [3.63, 3.8) is 0 Å². The van der Waals surface area contributed by atoms with Crippen molar-refractivity contribution in [3.8, 4) is 0 Å². The van der Waals surface area contributed by atoms with Gasteiger partial charge < -0.3 is 0 Å². The second kappa shape index (κ2) is 16.0. The van der Waals surface area contributed by atoms with Crippen LogP contribution in [0.1, 0.15) is 179 Å². The predicted octanol–water partition coefficient (Wildman–Crippen LogP) is 15.4. The quantitative estimate of drug-likeness (QED) is 0.0937. The van der Waals surface area contributed by atoms with Gasteiger partial charge in [-0.2, -0.15) is 0 Å². The summed E-state index contributed by atoms with van der Waals surface area (Å²) in [5, 5.41) is 5.92. The van der Waals surface area contributed by atoms with Crippen LogP contribution in [0.5, 0.6) is 0 Å². The smallest absolute Gasteiger partial charge is 0.0180 e. The Morgan fingerprint density at radius 1 is 0.551 bits per heavy atom. The molecule has 4 aromatic rings. The molecule has 0 saturated carbocycles. The van der Waals surface area contributed by atoms with Gasteiger partial charge in [0.25, 0.3) is 0 Å². The lowest BCUT2D eigenvalue weighted by molar-refractivity contribution is 0.204. The van der Waals surface area contributed by atoms with Crippen LogP contribution in [0.15, 0.2) is 78.4 Å². The Morgan fingerprint density at radius 3 is 1.71 bits per heavy atom. The Morgan fingerprint density at radius 2 is 1.10 bits per heavy atom. The van der Waals surface area contributed by atoms with Gasteiger partial charge in [0.2, 0.25) is 0 Å². The van der Waals surface area contributed by atoms with Crippen LogP contribution in [0.4, 0.5) is 0 Å². The van der Waals surface area contributed by atoms with Crippen molar-refractivity contribution >= 4 is 27.1 Å². The van der Waals surface area contributed by atoms with Gasteiger partial charge in [0.05, 0.1) is 0 Å². The molecule has 0 aromatic heterocycles. The topological polar surface area (TPSA) is 0 Å². The molecule has 0 bridgehead atoms. The molecular formula is C49H66. The van der Waals surface area contributed by atoms with Crippen molar-refractivity contribution in [2.24, 2.45) is 5.92 Å². The van der Waals surface area contributed by atoms with Gasteiger partial charge in [-0.05, 0) is 118 Å². The molecule has 0 amide bonds. The highest BCUT2D eigenvalue weighted by Crippen LogP contribution is 2.60. The lowest BCUT2D eigenvalue weighted by Crippen LogP contribution is -2.33. The Labute approximate surface area is 300 Å². The molecule has 0 N–H and O–H groups in total. The summed E-state index contributed by atoms with van der Waals surface area (Å²) < 4.78 is 0. The number of allylic oxidation sites excluding steroid dienone is 2. The first-order valence-corrected chi connectivity index (χ1v) is 20.7.